The first-order chi connectivity index (χ1) is 20.6. The summed E-state index contributed by atoms with van der Waals surface area (Å²) in [5, 5.41) is 12.8. The van der Waals surface area contributed by atoms with Crippen LogP contribution in [0.25, 0.3) is 16.9 Å². The van der Waals surface area contributed by atoms with Crippen LogP contribution >= 0.6 is 0 Å². The van der Waals surface area contributed by atoms with Crippen molar-refractivity contribution in [2.75, 3.05) is 37.6 Å². The molecule has 43 heavy (non-hydrogen) atoms. The first-order valence-electron chi connectivity index (χ1n) is 14.3. The van der Waals surface area contributed by atoms with Crippen LogP contribution in [0.5, 0.6) is 0 Å². The molecule has 1 aromatic carbocycles. The molecule has 2 fully saturated rings. The Morgan fingerprint density at radius 3 is 2.58 bits per heavy atom. The molecule has 226 valence electrons. The van der Waals surface area contributed by atoms with Gasteiger partial charge in [0.15, 0.2) is 5.65 Å². The number of piperazine rings is 1. The van der Waals surface area contributed by atoms with E-state index >= 15 is 0 Å². The number of benzene rings is 1. The first-order valence-corrected chi connectivity index (χ1v) is 14.3. The van der Waals surface area contributed by atoms with Gasteiger partial charge in [0, 0.05) is 44.5 Å². The van der Waals surface area contributed by atoms with E-state index in [9.17, 15) is 18.4 Å². The van der Waals surface area contributed by atoms with Crippen molar-refractivity contribution in [3.05, 3.63) is 60.1 Å². The Kier molecular flexibility index (Phi) is 7.44. The Morgan fingerprint density at radius 1 is 1.05 bits per heavy atom. The highest BCUT2D eigenvalue weighted by atomic mass is 19.1. The Hall–Kier alpha value is -4.62. The second-order valence-corrected chi connectivity index (χ2v) is 11.8. The molecule has 0 saturated carbocycles. The molecule has 12 nitrogen and oxygen atoms in total. The van der Waals surface area contributed by atoms with E-state index in [1.165, 1.54) is 10.7 Å². The first kappa shape index (κ1) is 28.5. The van der Waals surface area contributed by atoms with Crippen LogP contribution in [0.3, 0.4) is 0 Å². The van der Waals surface area contributed by atoms with Crippen molar-refractivity contribution in [1.82, 2.24) is 39.4 Å². The molecule has 0 spiro atoms. The second-order valence-electron chi connectivity index (χ2n) is 11.8. The predicted molar refractivity (Wildman–Crippen MR) is 152 cm³/mol. The standard InChI is InChI=1S/C29H33F2N9O3/c1-29(2,3)43-28(42)37-13-11-36(12-14-37)26(41)18-38-17-23(34-35-38)21-16-32-40-10-8-25(33-27(21)40)39-9-4-5-24(39)20-15-19(30)6-7-22(20)31/h6-8,10,15-17,24H,4-5,9,11-14,18H2,1-3H3/t24-/m1/s1. The van der Waals surface area contributed by atoms with Crippen molar-refractivity contribution in [2.45, 2.75) is 51.8 Å². The number of aromatic nitrogens is 6. The topological polar surface area (TPSA) is 114 Å². The zero-order chi connectivity index (χ0) is 30.3. The number of carbonyl (C=O) groups excluding carboxylic acids is 2. The number of carbonyl (C=O) groups is 2. The molecule has 14 heteroatoms. The van der Waals surface area contributed by atoms with Gasteiger partial charge in [-0.25, -0.2) is 27.8 Å². The minimum Gasteiger partial charge on any atom is -0.444 e. The summed E-state index contributed by atoms with van der Waals surface area (Å²) in [6.07, 6.45) is 6.18. The molecular weight excluding hydrogens is 560 g/mol. The molecule has 0 N–H and O–H groups in total. The molecular formula is C29H33F2N9O3. The highest BCUT2D eigenvalue weighted by molar-refractivity contribution is 5.78. The summed E-state index contributed by atoms with van der Waals surface area (Å²) in [6, 6.07) is 4.99. The Labute approximate surface area is 246 Å². The van der Waals surface area contributed by atoms with E-state index in [0.717, 1.165) is 18.6 Å². The van der Waals surface area contributed by atoms with Crippen LogP contribution in [0, 0.1) is 11.6 Å². The van der Waals surface area contributed by atoms with Crippen molar-refractivity contribution in [1.29, 1.82) is 0 Å². The van der Waals surface area contributed by atoms with Crippen molar-refractivity contribution in [3.63, 3.8) is 0 Å². The summed E-state index contributed by atoms with van der Waals surface area (Å²) < 4.78 is 37.1. The molecule has 0 aliphatic carbocycles. The van der Waals surface area contributed by atoms with Gasteiger partial charge in [-0.05, 0) is 57.9 Å². The lowest BCUT2D eigenvalue weighted by molar-refractivity contribution is -0.133. The summed E-state index contributed by atoms with van der Waals surface area (Å²) in [5.41, 5.74) is 1.38. The summed E-state index contributed by atoms with van der Waals surface area (Å²) in [4.78, 5) is 35.4. The molecule has 1 atom stereocenters. The normalized spacial score (nSPS) is 17.6. The number of anilines is 1. The maximum Gasteiger partial charge on any atom is 0.410 e. The predicted octanol–water partition coefficient (Wildman–Crippen LogP) is 3.69. The Morgan fingerprint density at radius 2 is 1.81 bits per heavy atom. The van der Waals surface area contributed by atoms with Gasteiger partial charge in [-0.3, -0.25) is 4.79 Å². The molecule has 4 aromatic rings. The fraction of sp³-hybridized carbons (Fsp3) is 0.448. The molecule has 2 aliphatic heterocycles. The van der Waals surface area contributed by atoms with Crippen LogP contribution in [-0.2, 0) is 16.1 Å². The van der Waals surface area contributed by atoms with Gasteiger partial charge in [0.05, 0.1) is 24.0 Å². The van der Waals surface area contributed by atoms with Gasteiger partial charge >= 0.3 is 6.09 Å². The van der Waals surface area contributed by atoms with E-state index in [0.29, 0.717) is 67.4 Å². The van der Waals surface area contributed by atoms with E-state index < -0.39 is 17.2 Å². The van der Waals surface area contributed by atoms with Crippen LogP contribution in [0.2, 0.25) is 0 Å². The molecule has 0 unspecified atom stereocenters. The average molecular weight is 594 g/mol. The Balaban J connectivity index is 1.14. The highest BCUT2D eigenvalue weighted by Gasteiger charge is 2.31. The third-order valence-electron chi connectivity index (χ3n) is 7.61. The maximum absolute atomic E-state index is 14.6. The smallest absolute Gasteiger partial charge is 0.410 e. The number of amides is 2. The lowest BCUT2D eigenvalue weighted by Gasteiger charge is -2.35. The molecule has 0 bridgehead atoms. The number of rotatable bonds is 5. The van der Waals surface area contributed by atoms with Gasteiger partial charge in [-0.2, -0.15) is 5.10 Å². The van der Waals surface area contributed by atoms with E-state index in [4.69, 9.17) is 9.72 Å². The molecule has 2 saturated heterocycles. The van der Waals surface area contributed by atoms with E-state index in [-0.39, 0.29) is 24.6 Å². The van der Waals surface area contributed by atoms with E-state index in [2.05, 4.69) is 15.4 Å². The Bertz CT molecular complexity index is 1660. The fourth-order valence-corrected chi connectivity index (χ4v) is 5.54. The molecule has 5 heterocycles. The van der Waals surface area contributed by atoms with Crippen molar-refractivity contribution >= 4 is 23.5 Å². The third kappa shape index (κ3) is 5.99. The molecule has 2 amide bonds. The minimum atomic E-state index is -0.578. The molecule has 2 aliphatic rings. The average Bonchev–Trinajstić information content (AvgIpc) is 3.73. The number of ether oxygens (including phenoxy) is 1. The largest absolute Gasteiger partial charge is 0.444 e. The van der Waals surface area contributed by atoms with Crippen molar-refractivity contribution in [3.8, 4) is 11.3 Å². The van der Waals surface area contributed by atoms with Gasteiger partial charge in [-0.15, -0.1) is 5.10 Å². The summed E-state index contributed by atoms with van der Waals surface area (Å²) in [6.45, 7) is 7.68. The second kappa shape index (κ2) is 11.2. The molecule has 3 aromatic heterocycles. The van der Waals surface area contributed by atoms with E-state index in [1.807, 2.05) is 25.7 Å². The highest BCUT2D eigenvalue weighted by Crippen LogP contribution is 2.37. The molecule has 0 radical (unpaired) electrons. The number of nitrogens with zero attached hydrogens (tertiary/aromatic N) is 9. The third-order valence-corrected chi connectivity index (χ3v) is 7.61. The quantitative estimate of drug-likeness (QED) is 0.344. The van der Waals surface area contributed by atoms with Gasteiger partial charge < -0.3 is 19.4 Å². The summed E-state index contributed by atoms with van der Waals surface area (Å²) >= 11 is 0. The minimum absolute atomic E-state index is 0.00795. The van der Waals surface area contributed by atoms with Crippen LogP contribution in [0.15, 0.2) is 42.9 Å². The number of fused-ring (bicyclic) bond motifs is 1. The summed E-state index contributed by atoms with van der Waals surface area (Å²) in [5.74, 6) is -0.436. The SMILES string of the molecule is CC(C)(C)OC(=O)N1CCN(C(=O)Cn2cc(-c3cnn4ccc(N5CCC[C@@H]5c5cc(F)ccc5F)nc34)nn2)CC1. The lowest BCUT2D eigenvalue weighted by atomic mass is 10.0. The number of hydrogen-bond donors (Lipinski definition) is 0. The van der Waals surface area contributed by atoms with Crippen LogP contribution in [-0.4, -0.2) is 89.7 Å². The zero-order valence-electron chi connectivity index (χ0n) is 24.3. The zero-order valence-corrected chi connectivity index (χ0v) is 24.3. The van der Waals surface area contributed by atoms with Crippen LogP contribution < -0.4 is 4.90 Å². The van der Waals surface area contributed by atoms with Gasteiger partial charge in [0.25, 0.3) is 0 Å². The fourth-order valence-electron chi connectivity index (χ4n) is 5.54. The summed E-state index contributed by atoms with van der Waals surface area (Å²) in [7, 11) is 0. The van der Waals surface area contributed by atoms with Gasteiger partial charge in [0.2, 0.25) is 5.91 Å². The van der Waals surface area contributed by atoms with Crippen LogP contribution in [0.4, 0.5) is 19.4 Å². The molecule has 6 rings (SSSR count). The van der Waals surface area contributed by atoms with E-state index in [1.54, 1.807) is 39.0 Å². The van der Waals surface area contributed by atoms with Crippen molar-refractivity contribution < 1.29 is 23.1 Å². The van der Waals surface area contributed by atoms with Crippen LogP contribution in [0.1, 0.15) is 45.2 Å². The van der Waals surface area contributed by atoms with Gasteiger partial charge in [0.1, 0.15) is 35.3 Å². The van der Waals surface area contributed by atoms with Gasteiger partial charge in [-0.1, -0.05) is 5.21 Å². The lowest BCUT2D eigenvalue weighted by Crippen LogP contribution is -2.52. The monoisotopic (exact) mass is 593 g/mol. The number of halogens is 2. The maximum atomic E-state index is 14.6. The number of hydrogen-bond acceptors (Lipinski definition) is 8. The van der Waals surface area contributed by atoms with Crippen molar-refractivity contribution in [2.24, 2.45) is 0 Å².